The predicted octanol–water partition coefficient (Wildman–Crippen LogP) is 1.15. The van der Waals surface area contributed by atoms with E-state index in [2.05, 4.69) is 15.2 Å². The topological polar surface area (TPSA) is 54.5 Å². The molecule has 0 radical (unpaired) electrons. The molecule has 0 aromatic carbocycles. The van der Waals surface area contributed by atoms with Crippen LogP contribution < -0.4 is 5.32 Å². The fraction of sp³-hybridized carbons (Fsp3) is 0.625. The number of carbonyl (C=O) groups excluding carboxylic acids is 1. The Kier molecular flexibility index (Phi) is 3.71. The van der Waals surface area contributed by atoms with Crippen molar-refractivity contribution in [2.75, 3.05) is 20.7 Å². The monoisotopic (exact) mass is 289 g/mol. The fourth-order valence-electron chi connectivity index (χ4n) is 3.68. The Labute approximate surface area is 125 Å². The fourth-order valence-corrected chi connectivity index (χ4v) is 3.68. The second kappa shape index (κ2) is 5.39. The number of fused-ring (bicyclic) bond motifs is 1. The van der Waals surface area contributed by atoms with E-state index in [0.717, 1.165) is 24.4 Å². The van der Waals surface area contributed by atoms with Crippen molar-refractivity contribution < 1.29 is 9.53 Å². The van der Waals surface area contributed by atoms with Crippen molar-refractivity contribution in [1.29, 1.82) is 0 Å². The highest BCUT2D eigenvalue weighted by Crippen LogP contribution is 2.41. The quantitative estimate of drug-likeness (QED) is 0.907. The lowest BCUT2D eigenvalue weighted by atomic mass is 9.71. The van der Waals surface area contributed by atoms with Gasteiger partial charge in [0.05, 0.1) is 18.2 Å². The maximum atomic E-state index is 12.5. The minimum Gasteiger partial charge on any atom is -0.376 e. The number of nitrogens with zero attached hydrogens (tertiary/aromatic N) is 2. The molecule has 114 valence electrons. The maximum Gasteiger partial charge on any atom is 0.251 e. The number of hydrogen-bond donors (Lipinski definition) is 1. The van der Waals surface area contributed by atoms with E-state index < -0.39 is 0 Å². The molecule has 5 heteroatoms. The Bertz CT molecular complexity index is 538. The zero-order chi connectivity index (χ0) is 15.1. The Morgan fingerprint density at radius 3 is 2.62 bits per heavy atom. The predicted molar refractivity (Wildman–Crippen MR) is 80.3 cm³/mol. The number of ether oxygens (including phenoxy) is 1. The Morgan fingerprint density at radius 2 is 2.00 bits per heavy atom. The van der Waals surface area contributed by atoms with E-state index in [1.54, 1.807) is 0 Å². The van der Waals surface area contributed by atoms with E-state index in [1.165, 1.54) is 0 Å². The van der Waals surface area contributed by atoms with Crippen molar-refractivity contribution in [2.24, 2.45) is 5.92 Å². The molecular formula is C16H23N3O2. The number of aryl methyl sites for hydroxylation is 2. The summed E-state index contributed by atoms with van der Waals surface area (Å²) >= 11 is 0. The summed E-state index contributed by atoms with van der Waals surface area (Å²) in [5.74, 6) is 0.441. The smallest absolute Gasteiger partial charge is 0.251 e. The van der Waals surface area contributed by atoms with Crippen LogP contribution in [0.25, 0.3) is 0 Å². The third kappa shape index (κ3) is 2.56. The SMILES string of the molecule is Cc1cc(C(=O)N[C@H]2[C@H]3CCO[C@H]3[C@@H]2N(C)C)cc(C)n1. The van der Waals surface area contributed by atoms with Gasteiger partial charge in [-0.15, -0.1) is 0 Å². The highest BCUT2D eigenvalue weighted by atomic mass is 16.5. The summed E-state index contributed by atoms with van der Waals surface area (Å²) in [5, 5.41) is 3.20. The molecule has 0 bridgehead atoms. The molecule has 0 spiro atoms. The van der Waals surface area contributed by atoms with Gasteiger partial charge in [0.1, 0.15) is 0 Å². The number of amides is 1. The van der Waals surface area contributed by atoms with Gasteiger partial charge in [0.15, 0.2) is 0 Å². The van der Waals surface area contributed by atoms with E-state index in [4.69, 9.17) is 4.74 Å². The number of nitrogens with one attached hydrogen (secondary N) is 1. The van der Waals surface area contributed by atoms with Gasteiger partial charge in [-0.3, -0.25) is 9.78 Å². The van der Waals surface area contributed by atoms with E-state index >= 15 is 0 Å². The lowest BCUT2D eigenvalue weighted by Gasteiger charge is -2.50. The molecule has 3 rings (SSSR count). The van der Waals surface area contributed by atoms with Crippen molar-refractivity contribution in [2.45, 2.75) is 38.5 Å². The van der Waals surface area contributed by atoms with Gasteiger partial charge in [0.25, 0.3) is 5.91 Å². The number of pyridine rings is 1. The van der Waals surface area contributed by atoms with Gasteiger partial charge in [-0.25, -0.2) is 0 Å². The number of carbonyl (C=O) groups is 1. The van der Waals surface area contributed by atoms with Crippen LogP contribution in [0, 0.1) is 19.8 Å². The Morgan fingerprint density at radius 1 is 1.33 bits per heavy atom. The zero-order valence-corrected chi connectivity index (χ0v) is 13.1. The van der Waals surface area contributed by atoms with Crippen LogP contribution in [-0.2, 0) is 4.74 Å². The van der Waals surface area contributed by atoms with Crippen molar-refractivity contribution in [3.63, 3.8) is 0 Å². The molecule has 1 saturated carbocycles. The van der Waals surface area contributed by atoms with Crippen LogP contribution in [0.1, 0.15) is 28.2 Å². The van der Waals surface area contributed by atoms with Crippen LogP contribution in [0.4, 0.5) is 0 Å². The maximum absolute atomic E-state index is 12.5. The summed E-state index contributed by atoms with van der Waals surface area (Å²) in [6, 6.07) is 4.13. The van der Waals surface area contributed by atoms with Crippen LogP contribution >= 0.6 is 0 Å². The zero-order valence-electron chi connectivity index (χ0n) is 13.1. The van der Waals surface area contributed by atoms with Crippen LogP contribution in [0.5, 0.6) is 0 Å². The first-order valence-electron chi connectivity index (χ1n) is 7.51. The summed E-state index contributed by atoms with van der Waals surface area (Å²) in [6.07, 6.45) is 1.31. The van der Waals surface area contributed by atoms with Gasteiger partial charge in [0, 0.05) is 29.5 Å². The third-order valence-corrected chi connectivity index (χ3v) is 4.59. The Balaban J connectivity index is 1.74. The van der Waals surface area contributed by atoms with Crippen molar-refractivity contribution in [3.8, 4) is 0 Å². The molecule has 21 heavy (non-hydrogen) atoms. The molecule has 1 amide bonds. The first kappa shape index (κ1) is 14.5. The Hall–Kier alpha value is -1.46. The molecule has 2 aliphatic rings. The first-order valence-corrected chi connectivity index (χ1v) is 7.51. The van der Waals surface area contributed by atoms with E-state index in [0.29, 0.717) is 11.5 Å². The average Bonchev–Trinajstić information content (AvgIpc) is 2.77. The number of likely N-dealkylation sites (N-methyl/N-ethyl adjacent to an activating group) is 1. The summed E-state index contributed by atoms with van der Waals surface area (Å²) in [5.41, 5.74) is 2.44. The van der Waals surface area contributed by atoms with Crippen LogP contribution in [0.15, 0.2) is 12.1 Å². The van der Waals surface area contributed by atoms with Crippen LogP contribution in [0.3, 0.4) is 0 Å². The van der Waals surface area contributed by atoms with E-state index in [-0.39, 0.29) is 24.1 Å². The van der Waals surface area contributed by atoms with Gasteiger partial charge in [-0.2, -0.15) is 0 Å². The molecule has 2 fully saturated rings. The highest BCUT2D eigenvalue weighted by Gasteiger charge is 2.55. The van der Waals surface area contributed by atoms with Crippen molar-refractivity contribution in [3.05, 3.63) is 29.1 Å². The van der Waals surface area contributed by atoms with Gasteiger partial charge in [-0.1, -0.05) is 0 Å². The number of hydrogen-bond acceptors (Lipinski definition) is 4. The molecule has 1 N–H and O–H groups in total. The average molecular weight is 289 g/mol. The van der Waals surface area contributed by atoms with E-state index in [9.17, 15) is 4.79 Å². The molecule has 1 aromatic rings. The largest absolute Gasteiger partial charge is 0.376 e. The molecule has 1 aliphatic heterocycles. The molecule has 2 heterocycles. The summed E-state index contributed by atoms with van der Waals surface area (Å²) < 4.78 is 5.78. The van der Waals surface area contributed by atoms with E-state index in [1.807, 2.05) is 40.1 Å². The lowest BCUT2D eigenvalue weighted by Crippen LogP contribution is -2.69. The lowest BCUT2D eigenvalue weighted by molar-refractivity contribution is -0.0664. The van der Waals surface area contributed by atoms with Crippen LogP contribution in [-0.4, -0.2) is 54.7 Å². The number of aromatic nitrogens is 1. The van der Waals surface area contributed by atoms with Gasteiger partial charge in [-0.05, 0) is 46.5 Å². The first-order chi connectivity index (χ1) is 9.97. The van der Waals surface area contributed by atoms with Crippen molar-refractivity contribution in [1.82, 2.24) is 15.2 Å². The van der Waals surface area contributed by atoms with Crippen molar-refractivity contribution >= 4 is 5.91 Å². The molecule has 5 nitrogen and oxygen atoms in total. The van der Waals surface area contributed by atoms with Crippen LogP contribution in [0.2, 0.25) is 0 Å². The normalized spacial score (nSPS) is 30.9. The second-order valence-electron chi connectivity index (χ2n) is 6.38. The molecule has 1 aromatic heterocycles. The summed E-state index contributed by atoms with van der Waals surface area (Å²) in [4.78, 5) is 19.0. The molecule has 1 saturated heterocycles. The standard InChI is InChI=1S/C16H23N3O2/c1-9-7-11(8-10(2)17-9)16(20)18-13-12-5-6-21-15(12)14(13)19(3)4/h7-8,12-15H,5-6H2,1-4H3,(H,18,20)/t12-,13+,14-,15-/m1/s1. The van der Waals surface area contributed by atoms with Gasteiger partial charge in [0.2, 0.25) is 0 Å². The molecule has 4 atom stereocenters. The summed E-state index contributed by atoms with van der Waals surface area (Å²) in [6.45, 7) is 4.63. The summed E-state index contributed by atoms with van der Waals surface area (Å²) in [7, 11) is 4.09. The highest BCUT2D eigenvalue weighted by molar-refractivity contribution is 5.94. The molecule has 0 unspecified atom stereocenters. The number of rotatable bonds is 3. The van der Waals surface area contributed by atoms with Gasteiger partial charge < -0.3 is 15.0 Å². The molecular weight excluding hydrogens is 266 g/mol. The van der Waals surface area contributed by atoms with Gasteiger partial charge >= 0.3 is 0 Å². The second-order valence-corrected chi connectivity index (χ2v) is 6.38. The minimum atomic E-state index is -0.00852. The third-order valence-electron chi connectivity index (χ3n) is 4.59. The minimum absolute atomic E-state index is 0.00852. The molecule has 1 aliphatic carbocycles.